The molecule has 1 N–H and O–H groups in total. The highest BCUT2D eigenvalue weighted by molar-refractivity contribution is 7.89. The van der Waals surface area contributed by atoms with E-state index in [9.17, 15) is 36.5 Å². The number of rotatable bonds is 6. The van der Waals surface area contributed by atoms with Crippen LogP contribution in [0.5, 0.6) is 5.75 Å². The molecule has 1 amide bonds. The van der Waals surface area contributed by atoms with Crippen LogP contribution < -0.4 is 10.1 Å². The van der Waals surface area contributed by atoms with E-state index in [-0.39, 0.29) is 36.5 Å². The van der Waals surface area contributed by atoms with Gasteiger partial charge in [0, 0.05) is 31.1 Å². The molecule has 3 rings (SSSR count). The largest absolute Gasteiger partial charge is 0.573 e. The molecule has 1 heterocycles. The molecule has 0 aliphatic carbocycles. The number of nitrogens with zero attached hydrogens (tertiary/aromatic N) is 2. The quantitative estimate of drug-likeness (QED) is 0.489. The standard InChI is InChI=1S/C20H20F3N3O6S/c1-13-17(6-3-7-18(13)26(28)29)24-19(27)14-8-10-25(11-9-14)33(30,31)16-5-2-4-15(12-16)32-20(21,22)23/h2-7,12,14H,8-11H2,1H3,(H,24,27). The van der Waals surface area contributed by atoms with Crippen molar-refractivity contribution in [2.75, 3.05) is 18.4 Å². The minimum absolute atomic E-state index is 0.0152. The van der Waals surface area contributed by atoms with Crippen molar-refractivity contribution in [2.45, 2.75) is 31.0 Å². The van der Waals surface area contributed by atoms with Crippen molar-refractivity contribution in [3.63, 3.8) is 0 Å². The summed E-state index contributed by atoms with van der Waals surface area (Å²) in [5.41, 5.74) is 0.466. The van der Waals surface area contributed by atoms with Crippen LogP contribution >= 0.6 is 0 Å². The second-order valence-corrected chi connectivity index (χ2v) is 9.34. The highest BCUT2D eigenvalue weighted by atomic mass is 32.2. The summed E-state index contributed by atoms with van der Waals surface area (Å²) in [7, 11) is -4.09. The van der Waals surface area contributed by atoms with E-state index in [2.05, 4.69) is 10.1 Å². The maximum absolute atomic E-state index is 12.8. The predicted molar refractivity (Wildman–Crippen MR) is 111 cm³/mol. The number of nitrogens with one attached hydrogen (secondary N) is 1. The maximum atomic E-state index is 12.8. The van der Waals surface area contributed by atoms with Crippen LogP contribution in [-0.2, 0) is 14.8 Å². The maximum Gasteiger partial charge on any atom is 0.573 e. The van der Waals surface area contributed by atoms with Gasteiger partial charge in [-0.25, -0.2) is 8.42 Å². The fourth-order valence-electron chi connectivity index (χ4n) is 3.53. The number of nitro groups is 1. The first kappa shape index (κ1) is 24.5. The number of alkyl halides is 3. The minimum Gasteiger partial charge on any atom is -0.406 e. The molecule has 13 heteroatoms. The third-order valence-electron chi connectivity index (χ3n) is 5.26. The minimum atomic E-state index is -4.95. The van der Waals surface area contributed by atoms with Crippen LogP contribution in [0.25, 0.3) is 0 Å². The lowest BCUT2D eigenvalue weighted by atomic mass is 9.97. The highest BCUT2D eigenvalue weighted by Gasteiger charge is 2.34. The molecule has 0 bridgehead atoms. The van der Waals surface area contributed by atoms with Gasteiger partial charge in [0.2, 0.25) is 15.9 Å². The van der Waals surface area contributed by atoms with Crippen LogP contribution in [0, 0.1) is 23.0 Å². The molecule has 1 saturated heterocycles. The molecule has 0 aromatic heterocycles. The van der Waals surface area contributed by atoms with Gasteiger partial charge in [0.1, 0.15) is 5.75 Å². The Bertz CT molecular complexity index is 1160. The van der Waals surface area contributed by atoms with Gasteiger partial charge in [-0.3, -0.25) is 14.9 Å². The number of benzene rings is 2. The van der Waals surface area contributed by atoms with Crippen LogP contribution in [0.1, 0.15) is 18.4 Å². The smallest absolute Gasteiger partial charge is 0.406 e. The van der Waals surface area contributed by atoms with E-state index in [0.717, 1.165) is 22.5 Å². The summed E-state index contributed by atoms with van der Waals surface area (Å²) in [6, 6.07) is 8.43. The molecule has 2 aromatic rings. The fraction of sp³-hybridized carbons (Fsp3) is 0.350. The number of halogens is 3. The Morgan fingerprint density at radius 3 is 2.42 bits per heavy atom. The van der Waals surface area contributed by atoms with E-state index < -0.39 is 38.9 Å². The molecule has 0 spiro atoms. The van der Waals surface area contributed by atoms with Crippen LogP contribution in [0.15, 0.2) is 47.4 Å². The number of ether oxygens (including phenoxy) is 1. The van der Waals surface area contributed by atoms with Crippen LogP contribution in [0.2, 0.25) is 0 Å². The molecular formula is C20H20F3N3O6S. The predicted octanol–water partition coefficient (Wildman–Crippen LogP) is 3.84. The Kier molecular flexibility index (Phi) is 6.93. The molecule has 1 aliphatic rings. The SMILES string of the molecule is Cc1c(NC(=O)C2CCN(S(=O)(=O)c3cccc(OC(F)(F)F)c3)CC2)cccc1[N+](=O)[O-]. The van der Waals surface area contributed by atoms with Gasteiger partial charge in [-0.15, -0.1) is 13.2 Å². The first-order chi connectivity index (χ1) is 15.4. The molecule has 33 heavy (non-hydrogen) atoms. The van der Waals surface area contributed by atoms with Crippen LogP contribution in [0.4, 0.5) is 24.5 Å². The third-order valence-corrected chi connectivity index (χ3v) is 7.16. The van der Waals surface area contributed by atoms with Crippen molar-refractivity contribution in [2.24, 2.45) is 5.92 Å². The van der Waals surface area contributed by atoms with Crippen molar-refractivity contribution in [3.05, 3.63) is 58.1 Å². The number of nitro benzene ring substituents is 1. The molecule has 9 nitrogen and oxygen atoms in total. The Balaban J connectivity index is 1.66. The second kappa shape index (κ2) is 9.35. The first-order valence-corrected chi connectivity index (χ1v) is 11.2. The molecule has 1 fully saturated rings. The van der Waals surface area contributed by atoms with E-state index in [1.54, 1.807) is 0 Å². The lowest BCUT2D eigenvalue weighted by molar-refractivity contribution is -0.385. The number of amides is 1. The van der Waals surface area contributed by atoms with Crippen LogP contribution in [-0.4, -0.2) is 43.0 Å². The second-order valence-electron chi connectivity index (χ2n) is 7.40. The molecule has 2 aromatic carbocycles. The van der Waals surface area contributed by atoms with Crippen molar-refractivity contribution in [3.8, 4) is 5.75 Å². The summed E-state index contributed by atoms with van der Waals surface area (Å²) in [6.07, 6.45) is -4.60. The summed E-state index contributed by atoms with van der Waals surface area (Å²) < 4.78 is 67.9. The van der Waals surface area contributed by atoms with Crippen molar-refractivity contribution in [1.82, 2.24) is 4.31 Å². The molecule has 1 aliphatic heterocycles. The van der Waals surface area contributed by atoms with Crippen LogP contribution in [0.3, 0.4) is 0 Å². The van der Waals surface area contributed by atoms with Gasteiger partial charge in [0.25, 0.3) is 5.69 Å². The number of carbonyl (C=O) groups is 1. The summed E-state index contributed by atoms with van der Waals surface area (Å²) in [6.45, 7) is 1.48. The zero-order valence-electron chi connectivity index (χ0n) is 17.3. The molecule has 0 atom stereocenters. The Hall–Kier alpha value is -3.19. The number of anilines is 1. The number of sulfonamides is 1. The summed E-state index contributed by atoms with van der Waals surface area (Å²) in [4.78, 5) is 22.8. The van der Waals surface area contributed by atoms with Gasteiger partial charge in [-0.05, 0) is 38.0 Å². The monoisotopic (exact) mass is 487 g/mol. The Labute approximate surface area is 187 Å². The molecule has 0 saturated carbocycles. The third kappa shape index (κ3) is 5.79. The Morgan fingerprint density at radius 1 is 1.18 bits per heavy atom. The van der Waals surface area contributed by atoms with E-state index in [1.807, 2.05) is 0 Å². The van der Waals surface area contributed by atoms with Gasteiger partial charge in [0.15, 0.2) is 0 Å². The highest BCUT2D eigenvalue weighted by Crippen LogP contribution is 2.30. The number of piperidine rings is 1. The van der Waals surface area contributed by atoms with Gasteiger partial charge in [0.05, 0.1) is 21.1 Å². The van der Waals surface area contributed by atoms with E-state index in [0.29, 0.717) is 11.3 Å². The molecule has 178 valence electrons. The van der Waals surface area contributed by atoms with Gasteiger partial charge in [-0.2, -0.15) is 4.31 Å². The van der Waals surface area contributed by atoms with Crippen molar-refractivity contribution in [1.29, 1.82) is 0 Å². The van der Waals surface area contributed by atoms with Gasteiger partial charge < -0.3 is 10.1 Å². The van der Waals surface area contributed by atoms with Gasteiger partial charge >= 0.3 is 6.36 Å². The number of carbonyl (C=O) groups excluding carboxylic acids is 1. The summed E-state index contributed by atoms with van der Waals surface area (Å²) in [5.74, 6) is -1.57. The lowest BCUT2D eigenvalue weighted by Crippen LogP contribution is -2.41. The topological polar surface area (TPSA) is 119 Å². The van der Waals surface area contributed by atoms with Gasteiger partial charge in [-0.1, -0.05) is 12.1 Å². The van der Waals surface area contributed by atoms with Crippen molar-refractivity contribution >= 4 is 27.3 Å². The summed E-state index contributed by atoms with van der Waals surface area (Å²) >= 11 is 0. The number of hydrogen-bond donors (Lipinski definition) is 1. The van der Waals surface area contributed by atoms with E-state index >= 15 is 0 Å². The lowest BCUT2D eigenvalue weighted by Gasteiger charge is -2.30. The zero-order valence-corrected chi connectivity index (χ0v) is 18.1. The normalized spacial score (nSPS) is 15.8. The average Bonchev–Trinajstić information content (AvgIpc) is 2.74. The van der Waals surface area contributed by atoms with Crippen molar-refractivity contribution < 1.29 is 36.0 Å². The molecule has 0 unspecified atom stereocenters. The first-order valence-electron chi connectivity index (χ1n) is 9.79. The Morgan fingerprint density at radius 2 is 1.82 bits per heavy atom. The molecular weight excluding hydrogens is 467 g/mol. The van der Waals surface area contributed by atoms with E-state index in [1.165, 1.54) is 31.2 Å². The average molecular weight is 487 g/mol. The molecule has 0 radical (unpaired) electrons. The zero-order chi connectivity index (χ0) is 24.4. The fourth-order valence-corrected chi connectivity index (χ4v) is 5.04. The van der Waals surface area contributed by atoms with E-state index in [4.69, 9.17) is 0 Å². The number of hydrogen-bond acceptors (Lipinski definition) is 6. The summed E-state index contributed by atoms with van der Waals surface area (Å²) in [5, 5.41) is 13.7.